The Balaban J connectivity index is 1.51. The molecule has 1 heterocycles. The summed E-state index contributed by atoms with van der Waals surface area (Å²) in [6.45, 7) is 3.06. The molecule has 1 fully saturated rings. The molecule has 0 aromatic heterocycles. The summed E-state index contributed by atoms with van der Waals surface area (Å²) in [4.78, 5) is 31.1. The van der Waals surface area contributed by atoms with E-state index in [1.807, 2.05) is 59.5 Å². The molecule has 0 spiro atoms. The van der Waals surface area contributed by atoms with E-state index in [-0.39, 0.29) is 31.1 Å². The first-order valence-electron chi connectivity index (χ1n) is 10.5. The summed E-state index contributed by atoms with van der Waals surface area (Å²) >= 11 is 0. The molecule has 2 aromatic carbocycles. The van der Waals surface area contributed by atoms with Crippen LogP contribution in [0.1, 0.15) is 19.3 Å². The fraction of sp³-hybridized carbons (Fsp3) is 0.375. The number of hydrogen-bond acceptors (Lipinski definition) is 5. The summed E-state index contributed by atoms with van der Waals surface area (Å²) in [5.41, 5.74) is 1.83. The van der Waals surface area contributed by atoms with E-state index in [9.17, 15) is 9.59 Å². The van der Waals surface area contributed by atoms with Crippen LogP contribution < -0.4 is 14.5 Å². The van der Waals surface area contributed by atoms with Gasteiger partial charge in [0.2, 0.25) is 11.8 Å². The van der Waals surface area contributed by atoms with Crippen molar-refractivity contribution in [1.82, 2.24) is 4.90 Å². The van der Waals surface area contributed by atoms with Crippen molar-refractivity contribution < 1.29 is 14.3 Å². The Morgan fingerprint density at radius 2 is 1.77 bits per heavy atom. The lowest BCUT2D eigenvalue weighted by Gasteiger charge is -2.36. The molecule has 7 heteroatoms. The van der Waals surface area contributed by atoms with Gasteiger partial charge in [-0.1, -0.05) is 24.3 Å². The SMILES string of the molecule is COc1cccc(N2CCN(C(=O)CCC(=O)N(CCC#N)c3ccccc3)CC2)c1. The lowest BCUT2D eigenvalue weighted by atomic mass is 10.2. The highest BCUT2D eigenvalue weighted by molar-refractivity contribution is 5.95. The molecule has 0 atom stereocenters. The van der Waals surface area contributed by atoms with Crippen LogP contribution in [0.5, 0.6) is 5.75 Å². The number of methoxy groups -OCH3 is 1. The molecule has 1 saturated heterocycles. The first kappa shape index (κ1) is 22.2. The summed E-state index contributed by atoms with van der Waals surface area (Å²) in [6, 6.07) is 19.3. The number of hydrogen-bond donors (Lipinski definition) is 0. The molecule has 31 heavy (non-hydrogen) atoms. The molecule has 0 aliphatic carbocycles. The van der Waals surface area contributed by atoms with Crippen LogP contribution in [-0.2, 0) is 9.59 Å². The number of ether oxygens (including phenoxy) is 1. The summed E-state index contributed by atoms with van der Waals surface area (Å²) in [5.74, 6) is 0.672. The number of piperazine rings is 1. The van der Waals surface area contributed by atoms with E-state index in [0.29, 0.717) is 19.6 Å². The van der Waals surface area contributed by atoms with Crippen molar-refractivity contribution in [1.29, 1.82) is 5.26 Å². The first-order chi connectivity index (χ1) is 15.1. The Bertz CT molecular complexity index is 918. The zero-order chi connectivity index (χ0) is 22.1. The van der Waals surface area contributed by atoms with Crippen molar-refractivity contribution in [2.45, 2.75) is 19.3 Å². The minimum atomic E-state index is -0.134. The van der Waals surface area contributed by atoms with Crippen molar-refractivity contribution in [3.8, 4) is 11.8 Å². The van der Waals surface area contributed by atoms with E-state index in [1.54, 1.807) is 12.0 Å². The molecule has 2 amide bonds. The van der Waals surface area contributed by atoms with E-state index < -0.39 is 0 Å². The normalized spacial score (nSPS) is 13.4. The van der Waals surface area contributed by atoms with E-state index in [2.05, 4.69) is 11.0 Å². The van der Waals surface area contributed by atoms with E-state index in [1.165, 1.54) is 0 Å². The lowest BCUT2D eigenvalue weighted by molar-refractivity contribution is -0.133. The van der Waals surface area contributed by atoms with Gasteiger partial charge in [-0.3, -0.25) is 9.59 Å². The van der Waals surface area contributed by atoms with Gasteiger partial charge in [0.15, 0.2) is 0 Å². The smallest absolute Gasteiger partial charge is 0.227 e. The zero-order valence-corrected chi connectivity index (χ0v) is 17.9. The maximum absolute atomic E-state index is 12.8. The van der Waals surface area contributed by atoms with Crippen LogP contribution in [0, 0.1) is 11.3 Å². The van der Waals surface area contributed by atoms with Gasteiger partial charge in [0.25, 0.3) is 0 Å². The molecule has 0 N–H and O–H groups in total. The number of benzene rings is 2. The van der Waals surface area contributed by atoms with Crippen LogP contribution in [0.4, 0.5) is 11.4 Å². The lowest BCUT2D eigenvalue weighted by Crippen LogP contribution is -2.49. The fourth-order valence-corrected chi connectivity index (χ4v) is 3.70. The van der Waals surface area contributed by atoms with Crippen LogP contribution in [0.2, 0.25) is 0 Å². The third kappa shape index (κ3) is 5.98. The van der Waals surface area contributed by atoms with Crippen LogP contribution in [0.15, 0.2) is 54.6 Å². The average Bonchev–Trinajstić information content (AvgIpc) is 2.83. The molecule has 2 aromatic rings. The highest BCUT2D eigenvalue weighted by Crippen LogP contribution is 2.22. The maximum atomic E-state index is 12.8. The van der Waals surface area contributed by atoms with Gasteiger partial charge in [0, 0.05) is 63.0 Å². The minimum absolute atomic E-state index is 0.00747. The Hall–Kier alpha value is -3.53. The monoisotopic (exact) mass is 420 g/mol. The van der Waals surface area contributed by atoms with Gasteiger partial charge < -0.3 is 19.4 Å². The van der Waals surface area contributed by atoms with Crippen LogP contribution in [0.3, 0.4) is 0 Å². The Morgan fingerprint density at radius 1 is 1.03 bits per heavy atom. The predicted molar refractivity (Wildman–Crippen MR) is 120 cm³/mol. The van der Waals surface area contributed by atoms with Gasteiger partial charge in [-0.2, -0.15) is 5.26 Å². The first-order valence-corrected chi connectivity index (χ1v) is 10.5. The number of rotatable bonds is 8. The average molecular weight is 421 g/mol. The van der Waals surface area contributed by atoms with E-state index in [0.717, 1.165) is 30.2 Å². The van der Waals surface area contributed by atoms with Crippen molar-refractivity contribution in [2.75, 3.05) is 49.6 Å². The number of nitriles is 1. The fourth-order valence-electron chi connectivity index (χ4n) is 3.70. The van der Waals surface area contributed by atoms with Crippen LogP contribution in [0.25, 0.3) is 0 Å². The van der Waals surface area contributed by atoms with Crippen molar-refractivity contribution in [3.63, 3.8) is 0 Å². The number of para-hydroxylation sites is 1. The van der Waals surface area contributed by atoms with Crippen molar-refractivity contribution in [2.24, 2.45) is 0 Å². The standard InChI is InChI=1S/C24H28N4O3/c1-31-22-10-5-9-21(19-22)26-15-17-27(18-16-26)23(29)11-12-24(30)28(14-6-13-25)20-7-3-2-4-8-20/h2-5,7-10,19H,6,11-12,14-18H2,1H3. The topological polar surface area (TPSA) is 76.9 Å². The number of carbonyl (C=O) groups is 2. The second kappa shape index (κ2) is 11.0. The molecule has 0 saturated carbocycles. The summed E-state index contributed by atoms with van der Waals surface area (Å²) in [6.07, 6.45) is 0.559. The van der Waals surface area contributed by atoms with Crippen molar-refractivity contribution >= 4 is 23.2 Å². The number of carbonyl (C=O) groups excluding carboxylic acids is 2. The highest BCUT2D eigenvalue weighted by atomic mass is 16.5. The highest BCUT2D eigenvalue weighted by Gasteiger charge is 2.23. The Labute approximate surface area is 183 Å². The molecule has 7 nitrogen and oxygen atoms in total. The Kier molecular flexibility index (Phi) is 7.88. The quantitative estimate of drug-likeness (QED) is 0.656. The maximum Gasteiger partial charge on any atom is 0.227 e. The number of nitrogens with zero attached hydrogens (tertiary/aromatic N) is 4. The second-order valence-electron chi connectivity index (χ2n) is 7.36. The molecule has 162 valence electrons. The molecule has 0 unspecified atom stereocenters. The molecule has 1 aliphatic rings. The molecule has 0 bridgehead atoms. The van der Waals surface area contributed by atoms with E-state index in [4.69, 9.17) is 10.00 Å². The van der Waals surface area contributed by atoms with Crippen molar-refractivity contribution in [3.05, 3.63) is 54.6 Å². The van der Waals surface area contributed by atoms with Crippen LogP contribution in [-0.4, -0.2) is 56.5 Å². The zero-order valence-electron chi connectivity index (χ0n) is 17.9. The molecule has 0 radical (unpaired) electrons. The predicted octanol–water partition coefficient (Wildman–Crippen LogP) is 3.07. The second-order valence-corrected chi connectivity index (χ2v) is 7.36. The summed E-state index contributed by atoms with van der Waals surface area (Å²) in [5, 5.41) is 8.91. The molecule has 3 rings (SSSR count). The van der Waals surface area contributed by atoms with Gasteiger partial charge in [-0.15, -0.1) is 0 Å². The van der Waals surface area contributed by atoms with Crippen LogP contribution >= 0.6 is 0 Å². The molecular formula is C24H28N4O3. The molecule has 1 aliphatic heterocycles. The number of anilines is 2. The third-order valence-electron chi connectivity index (χ3n) is 5.42. The summed E-state index contributed by atoms with van der Waals surface area (Å²) in [7, 11) is 1.65. The summed E-state index contributed by atoms with van der Waals surface area (Å²) < 4.78 is 5.29. The van der Waals surface area contributed by atoms with Gasteiger partial charge in [0.05, 0.1) is 19.6 Å². The minimum Gasteiger partial charge on any atom is -0.497 e. The van der Waals surface area contributed by atoms with Gasteiger partial charge in [-0.25, -0.2) is 0 Å². The van der Waals surface area contributed by atoms with Gasteiger partial charge in [0.1, 0.15) is 5.75 Å². The Morgan fingerprint density at radius 3 is 2.45 bits per heavy atom. The molecular weight excluding hydrogens is 392 g/mol. The van der Waals surface area contributed by atoms with Gasteiger partial charge in [-0.05, 0) is 24.3 Å². The third-order valence-corrected chi connectivity index (χ3v) is 5.42. The largest absolute Gasteiger partial charge is 0.497 e. The number of amides is 2. The van der Waals surface area contributed by atoms with E-state index >= 15 is 0 Å². The van der Waals surface area contributed by atoms with Gasteiger partial charge >= 0.3 is 0 Å².